The summed E-state index contributed by atoms with van der Waals surface area (Å²) in [6, 6.07) is 13.2. The minimum atomic E-state index is -4.33. The van der Waals surface area contributed by atoms with E-state index in [9.17, 15) is 13.2 Å². The largest absolute Gasteiger partial charge is 0.416 e. The molecule has 0 spiro atoms. The van der Waals surface area contributed by atoms with E-state index in [0.29, 0.717) is 17.3 Å². The molecule has 0 saturated heterocycles. The molecule has 0 aliphatic rings. The van der Waals surface area contributed by atoms with Crippen LogP contribution < -0.4 is 10.6 Å². The molecule has 2 N–H and O–H groups in total. The second-order valence-electron chi connectivity index (χ2n) is 5.50. The number of anilines is 1. The van der Waals surface area contributed by atoms with Crippen LogP contribution in [0.2, 0.25) is 0 Å². The summed E-state index contributed by atoms with van der Waals surface area (Å²) in [7, 11) is 0. The molecule has 2 aromatic carbocycles. The van der Waals surface area contributed by atoms with Crippen molar-refractivity contribution in [2.45, 2.75) is 18.9 Å². The first kappa shape index (κ1) is 19.6. The molecular weight excluding hydrogens is 365 g/mol. The number of hydrogen-bond acceptors (Lipinski definition) is 2. The van der Waals surface area contributed by atoms with Gasteiger partial charge in [-0.05, 0) is 49.0 Å². The van der Waals surface area contributed by atoms with Crippen molar-refractivity contribution in [1.82, 2.24) is 5.32 Å². The average molecular weight is 384 g/mol. The Bertz CT molecular complexity index is 700. The molecule has 7 heteroatoms. The molecule has 0 amide bonds. The number of halogens is 3. The highest BCUT2D eigenvalue weighted by atomic mass is 32.2. The van der Waals surface area contributed by atoms with Crippen LogP contribution in [0.5, 0.6) is 0 Å². The van der Waals surface area contributed by atoms with Gasteiger partial charge in [-0.15, -0.1) is 0 Å². The topological polar surface area (TPSA) is 24.1 Å². The highest BCUT2D eigenvalue weighted by Crippen LogP contribution is 2.29. The van der Waals surface area contributed by atoms with E-state index >= 15 is 0 Å². The summed E-state index contributed by atoms with van der Waals surface area (Å²) in [4.78, 5) is 0. The Hall–Kier alpha value is -1.73. The van der Waals surface area contributed by atoms with Crippen molar-refractivity contribution in [1.29, 1.82) is 0 Å². The minimum absolute atomic E-state index is 0.399. The monoisotopic (exact) mass is 384 g/mol. The predicted molar refractivity (Wildman–Crippen MR) is 103 cm³/mol. The summed E-state index contributed by atoms with van der Waals surface area (Å²) in [5, 5.41) is 6.33. The van der Waals surface area contributed by atoms with Crippen LogP contribution >= 0.6 is 24.0 Å². The van der Waals surface area contributed by atoms with E-state index in [1.54, 1.807) is 11.8 Å². The zero-order chi connectivity index (χ0) is 18.3. The van der Waals surface area contributed by atoms with Crippen LogP contribution in [0.25, 0.3) is 0 Å². The number of thioether (sulfide) groups is 1. The molecule has 134 valence electrons. The van der Waals surface area contributed by atoms with Crippen LogP contribution in [0.15, 0.2) is 48.5 Å². The summed E-state index contributed by atoms with van der Waals surface area (Å²) >= 11 is 6.94. The van der Waals surface area contributed by atoms with Crippen LogP contribution in [0.1, 0.15) is 16.7 Å². The van der Waals surface area contributed by atoms with Crippen LogP contribution in [-0.2, 0) is 11.9 Å². The maximum Gasteiger partial charge on any atom is 0.416 e. The molecule has 0 saturated carbocycles. The Morgan fingerprint density at radius 1 is 1.12 bits per heavy atom. The number of hydrogen-bond donors (Lipinski definition) is 2. The van der Waals surface area contributed by atoms with Crippen molar-refractivity contribution in [3.05, 3.63) is 65.2 Å². The molecule has 25 heavy (non-hydrogen) atoms. The van der Waals surface area contributed by atoms with Crippen LogP contribution in [0.3, 0.4) is 0 Å². The standard InChI is InChI=1S/C18H19F3N2S2/c1-13-3-2-4-14(11-13)12-25-10-9-22-17(24)23-16-7-5-15(6-8-16)18(19,20)21/h2-8,11H,9-10,12H2,1H3,(H2,22,23,24). The summed E-state index contributed by atoms with van der Waals surface area (Å²) < 4.78 is 37.5. The van der Waals surface area contributed by atoms with E-state index in [0.717, 1.165) is 23.6 Å². The summed E-state index contributed by atoms with van der Waals surface area (Å²) in [5.74, 6) is 1.81. The third-order valence-corrected chi connectivity index (χ3v) is 4.63. The maximum absolute atomic E-state index is 12.5. The molecule has 0 radical (unpaired) electrons. The molecule has 2 nitrogen and oxygen atoms in total. The van der Waals surface area contributed by atoms with Crippen molar-refractivity contribution in [2.24, 2.45) is 0 Å². The van der Waals surface area contributed by atoms with Gasteiger partial charge in [0.1, 0.15) is 0 Å². The number of rotatable bonds is 6. The van der Waals surface area contributed by atoms with Crippen molar-refractivity contribution in [2.75, 3.05) is 17.6 Å². The van der Waals surface area contributed by atoms with Gasteiger partial charge in [0.05, 0.1) is 5.56 Å². The zero-order valence-electron chi connectivity index (χ0n) is 13.7. The van der Waals surface area contributed by atoms with E-state index in [4.69, 9.17) is 12.2 Å². The Morgan fingerprint density at radius 3 is 2.48 bits per heavy atom. The third kappa shape index (κ3) is 6.96. The molecule has 0 bridgehead atoms. The number of thiocarbonyl (C=S) groups is 1. The SMILES string of the molecule is Cc1cccc(CSCCNC(=S)Nc2ccc(C(F)(F)F)cc2)c1. The molecule has 0 unspecified atom stereocenters. The Kier molecular flexibility index (Phi) is 7.13. The van der Waals surface area contributed by atoms with Gasteiger partial charge in [0.25, 0.3) is 0 Å². The molecule has 0 atom stereocenters. The van der Waals surface area contributed by atoms with Gasteiger partial charge in [-0.1, -0.05) is 29.8 Å². The third-order valence-electron chi connectivity index (χ3n) is 3.35. The maximum atomic E-state index is 12.5. The second kappa shape index (κ2) is 9.10. The van der Waals surface area contributed by atoms with Crippen LogP contribution in [-0.4, -0.2) is 17.4 Å². The Balaban J connectivity index is 1.67. The first-order valence-electron chi connectivity index (χ1n) is 7.70. The van der Waals surface area contributed by atoms with Gasteiger partial charge in [-0.25, -0.2) is 0 Å². The van der Waals surface area contributed by atoms with Crippen molar-refractivity contribution in [3.8, 4) is 0 Å². The first-order chi connectivity index (χ1) is 11.8. The molecule has 0 aromatic heterocycles. The average Bonchev–Trinajstić information content (AvgIpc) is 2.54. The van der Waals surface area contributed by atoms with Gasteiger partial charge in [0, 0.05) is 23.7 Å². The van der Waals surface area contributed by atoms with Crippen molar-refractivity contribution >= 4 is 34.8 Å². The van der Waals surface area contributed by atoms with Crippen LogP contribution in [0, 0.1) is 6.92 Å². The molecular formula is C18H19F3N2S2. The van der Waals surface area contributed by atoms with E-state index in [2.05, 4.69) is 35.8 Å². The molecule has 0 aliphatic carbocycles. The van der Waals surface area contributed by atoms with Gasteiger partial charge in [-0.3, -0.25) is 0 Å². The van der Waals surface area contributed by atoms with Gasteiger partial charge < -0.3 is 10.6 Å². The molecule has 2 aromatic rings. The second-order valence-corrected chi connectivity index (χ2v) is 7.01. The molecule has 2 rings (SSSR count). The van der Waals surface area contributed by atoms with Gasteiger partial charge in [-0.2, -0.15) is 24.9 Å². The van der Waals surface area contributed by atoms with Gasteiger partial charge in [0.15, 0.2) is 5.11 Å². The fourth-order valence-electron chi connectivity index (χ4n) is 2.15. The number of nitrogens with one attached hydrogen (secondary N) is 2. The zero-order valence-corrected chi connectivity index (χ0v) is 15.3. The Morgan fingerprint density at radius 2 is 1.84 bits per heavy atom. The Labute approximate surface area is 155 Å². The highest BCUT2D eigenvalue weighted by Gasteiger charge is 2.29. The molecule has 0 heterocycles. The highest BCUT2D eigenvalue weighted by molar-refractivity contribution is 7.98. The fourth-order valence-corrected chi connectivity index (χ4v) is 3.17. The predicted octanol–water partition coefficient (Wildman–Crippen LogP) is 5.23. The molecule has 0 aliphatic heterocycles. The lowest BCUT2D eigenvalue weighted by Gasteiger charge is -2.12. The first-order valence-corrected chi connectivity index (χ1v) is 9.26. The van der Waals surface area contributed by atoms with E-state index < -0.39 is 11.7 Å². The summed E-state index contributed by atoms with van der Waals surface area (Å²) in [6.45, 7) is 2.75. The minimum Gasteiger partial charge on any atom is -0.362 e. The van der Waals surface area contributed by atoms with Gasteiger partial charge >= 0.3 is 6.18 Å². The quantitative estimate of drug-likeness (QED) is 0.526. The lowest BCUT2D eigenvalue weighted by Crippen LogP contribution is -2.30. The lowest BCUT2D eigenvalue weighted by atomic mass is 10.2. The van der Waals surface area contributed by atoms with Crippen LogP contribution in [0.4, 0.5) is 18.9 Å². The summed E-state index contributed by atoms with van der Waals surface area (Å²) in [6.07, 6.45) is -4.33. The number of aryl methyl sites for hydroxylation is 1. The van der Waals surface area contributed by atoms with Gasteiger partial charge in [0.2, 0.25) is 0 Å². The van der Waals surface area contributed by atoms with E-state index in [-0.39, 0.29) is 0 Å². The summed E-state index contributed by atoms with van der Waals surface area (Å²) in [5.41, 5.74) is 2.39. The normalized spacial score (nSPS) is 11.2. The lowest BCUT2D eigenvalue weighted by molar-refractivity contribution is -0.137. The van der Waals surface area contributed by atoms with E-state index in [1.807, 2.05) is 6.07 Å². The number of alkyl halides is 3. The number of benzene rings is 2. The van der Waals surface area contributed by atoms with E-state index in [1.165, 1.54) is 23.3 Å². The fraction of sp³-hybridized carbons (Fsp3) is 0.278. The van der Waals surface area contributed by atoms with Crippen molar-refractivity contribution < 1.29 is 13.2 Å². The molecule has 0 fully saturated rings. The smallest absolute Gasteiger partial charge is 0.362 e. The van der Waals surface area contributed by atoms with Crippen molar-refractivity contribution in [3.63, 3.8) is 0 Å².